The van der Waals surface area contributed by atoms with E-state index in [0.29, 0.717) is 11.8 Å². The van der Waals surface area contributed by atoms with Gasteiger partial charge in [-0.2, -0.15) is 0 Å². The van der Waals surface area contributed by atoms with E-state index in [2.05, 4.69) is 36.2 Å². The van der Waals surface area contributed by atoms with Gasteiger partial charge in [-0.25, -0.2) is 0 Å². The van der Waals surface area contributed by atoms with Gasteiger partial charge in [0.1, 0.15) is 0 Å². The maximum Gasteiger partial charge on any atom is 0.243 e. The summed E-state index contributed by atoms with van der Waals surface area (Å²) in [5, 5.41) is 2.84. The van der Waals surface area contributed by atoms with Gasteiger partial charge in [-0.3, -0.25) is 4.79 Å². The molecule has 15 heavy (non-hydrogen) atoms. The van der Waals surface area contributed by atoms with Crippen molar-refractivity contribution in [1.29, 1.82) is 0 Å². The maximum atomic E-state index is 11.0. The molecule has 1 aliphatic rings. The van der Waals surface area contributed by atoms with Crippen LogP contribution >= 0.6 is 0 Å². The highest BCUT2D eigenvalue weighted by atomic mass is 16.1. The van der Waals surface area contributed by atoms with Crippen LogP contribution in [0, 0.1) is 5.92 Å². The summed E-state index contributed by atoms with van der Waals surface area (Å²) in [7, 11) is 0. The lowest BCUT2D eigenvalue weighted by Gasteiger charge is -2.01. The number of amides is 1. The third kappa shape index (κ3) is 2.46. The fraction of sp³-hybridized carbons (Fsp3) is 0.308. The van der Waals surface area contributed by atoms with E-state index in [-0.39, 0.29) is 5.91 Å². The van der Waals surface area contributed by atoms with E-state index in [1.165, 1.54) is 18.1 Å². The third-order valence-corrected chi connectivity index (χ3v) is 2.87. The molecule has 0 radical (unpaired) electrons. The first-order valence-electron chi connectivity index (χ1n) is 5.26. The van der Waals surface area contributed by atoms with Crippen molar-refractivity contribution >= 4 is 5.91 Å². The van der Waals surface area contributed by atoms with Crippen molar-refractivity contribution in [1.82, 2.24) is 5.32 Å². The van der Waals surface area contributed by atoms with Gasteiger partial charge in [0.05, 0.1) is 0 Å². The zero-order chi connectivity index (χ0) is 10.7. The van der Waals surface area contributed by atoms with E-state index in [1.54, 1.807) is 0 Å². The topological polar surface area (TPSA) is 29.1 Å². The molecule has 1 aromatic carbocycles. The minimum Gasteiger partial charge on any atom is -0.352 e. The molecule has 1 saturated carbocycles. The molecule has 2 heteroatoms. The van der Waals surface area contributed by atoms with Crippen LogP contribution in [0.25, 0.3) is 0 Å². The second kappa shape index (κ2) is 4.30. The summed E-state index contributed by atoms with van der Waals surface area (Å²) in [6.07, 6.45) is 2.50. The van der Waals surface area contributed by atoms with Crippen molar-refractivity contribution < 1.29 is 4.79 Å². The van der Waals surface area contributed by atoms with Crippen LogP contribution in [-0.4, -0.2) is 12.5 Å². The first kappa shape index (κ1) is 9.97. The zero-order valence-corrected chi connectivity index (χ0v) is 8.65. The molecular weight excluding hydrogens is 186 g/mol. The van der Waals surface area contributed by atoms with Gasteiger partial charge in [-0.1, -0.05) is 36.9 Å². The van der Waals surface area contributed by atoms with E-state index < -0.39 is 0 Å². The summed E-state index contributed by atoms with van der Waals surface area (Å²) in [6.45, 7) is 4.19. The van der Waals surface area contributed by atoms with Crippen molar-refractivity contribution in [3.8, 4) is 0 Å². The summed E-state index contributed by atoms with van der Waals surface area (Å²) >= 11 is 0. The van der Waals surface area contributed by atoms with Gasteiger partial charge < -0.3 is 5.32 Å². The summed E-state index contributed by atoms with van der Waals surface area (Å²) < 4.78 is 0. The van der Waals surface area contributed by atoms with Crippen LogP contribution in [0.15, 0.2) is 43.0 Å². The van der Waals surface area contributed by atoms with E-state index in [0.717, 1.165) is 6.54 Å². The summed E-state index contributed by atoms with van der Waals surface area (Å²) in [4.78, 5) is 11.0. The van der Waals surface area contributed by atoms with Crippen LogP contribution in [0.1, 0.15) is 17.9 Å². The summed E-state index contributed by atoms with van der Waals surface area (Å²) in [5.41, 5.74) is 1.38. The SMILES string of the molecule is C=CC(=O)NC[C@H]1C[C@@H]1c1ccccc1. The summed E-state index contributed by atoms with van der Waals surface area (Å²) in [6, 6.07) is 10.5. The Hall–Kier alpha value is -1.57. The van der Waals surface area contributed by atoms with Gasteiger partial charge in [-0.15, -0.1) is 0 Å². The van der Waals surface area contributed by atoms with Gasteiger partial charge >= 0.3 is 0 Å². The molecule has 0 bridgehead atoms. The maximum absolute atomic E-state index is 11.0. The van der Waals surface area contributed by atoms with E-state index in [9.17, 15) is 4.79 Å². The van der Waals surface area contributed by atoms with Gasteiger partial charge in [0.15, 0.2) is 0 Å². The predicted molar refractivity (Wildman–Crippen MR) is 60.5 cm³/mol. The molecule has 1 aliphatic carbocycles. The second-order valence-electron chi connectivity index (χ2n) is 3.96. The van der Waals surface area contributed by atoms with Crippen LogP contribution in [0.2, 0.25) is 0 Å². The first-order chi connectivity index (χ1) is 7.31. The number of hydrogen-bond donors (Lipinski definition) is 1. The lowest BCUT2D eigenvalue weighted by Crippen LogP contribution is -2.23. The number of hydrogen-bond acceptors (Lipinski definition) is 1. The molecule has 1 fully saturated rings. The average Bonchev–Trinajstić information content (AvgIpc) is 3.06. The summed E-state index contributed by atoms with van der Waals surface area (Å²) in [5.74, 6) is 1.17. The molecule has 0 saturated heterocycles. The molecule has 2 rings (SSSR count). The van der Waals surface area contributed by atoms with Crippen molar-refractivity contribution in [3.63, 3.8) is 0 Å². The Labute approximate surface area is 90.0 Å². The van der Waals surface area contributed by atoms with Gasteiger partial charge in [0.25, 0.3) is 0 Å². The molecule has 2 atom stereocenters. The molecule has 1 N–H and O–H groups in total. The number of rotatable bonds is 4. The lowest BCUT2D eigenvalue weighted by molar-refractivity contribution is -0.116. The number of nitrogens with one attached hydrogen (secondary N) is 1. The predicted octanol–water partition coefficient (Wildman–Crippen LogP) is 2.09. The number of carbonyl (C=O) groups excluding carboxylic acids is 1. The van der Waals surface area contributed by atoms with Crippen LogP contribution in [-0.2, 0) is 4.79 Å². The number of carbonyl (C=O) groups is 1. The van der Waals surface area contributed by atoms with Gasteiger partial charge in [0.2, 0.25) is 5.91 Å². The Bertz CT molecular complexity index is 358. The van der Waals surface area contributed by atoms with E-state index in [1.807, 2.05) is 6.07 Å². The highest BCUT2D eigenvalue weighted by Gasteiger charge is 2.37. The first-order valence-corrected chi connectivity index (χ1v) is 5.26. The second-order valence-corrected chi connectivity index (χ2v) is 3.96. The monoisotopic (exact) mass is 201 g/mol. The zero-order valence-electron chi connectivity index (χ0n) is 8.65. The van der Waals surface area contributed by atoms with Crippen molar-refractivity contribution in [2.24, 2.45) is 5.92 Å². The molecule has 2 nitrogen and oxygen atoms in total. The molecule has 0 spiro atoms. The molecular formula is C13H15NO. The Morgan fingerprint density at radius 2 is 2.20 bits per heavy atom. The standard InChI is InChI=1S/C13H15NO/c1-2-13(15)14-9-11-8-12(11)10-6-4-3-5-7-10/h2-7,11-12H,1,8-9H2,(H,14,15)/t11-,12-/m1/s1. The van der Waals surface area contributed by atoms with Gasteiger partial charge in [0, 0.05) is 6.54 Å². The fourth-order valence-corrected chi connectivity index (χ4v) is 1.89. The Kier molecular flexibility index (Phi) is 2.86. The highest BCUT2D eigenvalue weighted by molar-refractivity contribution is 5.86. The largest absolute Gasteiger partial charge is 0.352 e. The van der Waals surface area contributed by atoms with Crippen molar-refractivity contribution in [2.45, 2.75) is 12.3 Å². The van der Waals surface area contributed by atoms with E-state index >= 15 is 0 Å². The fourth-order valence-electron chi connectivity index (χ4n) is 1.89. The highest BCUT2D eigenvalue weighted by Crippen LogP contribution is 2.46. The molecule has 1 aromatic rings. The number of benzene rings is 1. The molecule has 0 aliphatic heterocycles. The molecule has 0 unspecified atom stereocenters. The van der Waals surface area contributed by atoms with E-state index in [4.69, 9.17) is 0 Å². The van der Waals surface area contributed by atoms with Crippen LogP contribution in [0.5, 0.6) is 0 Å². The molecule has 78 valence electrons. The minimum atomic E-state index is -0.0753. The van der Waals surface area contributed by atoms with Crippen molar-refractivity contribution in [3.05, 3.63) is 48.6 Å². The Morgan fingerprint density at radius 1 is 1.47 bits per heavy atom. The van der Waals surface area contributed by atoms with Crippen LogP contribution in [0.3, 0.4) is 0 Å². The average molecular weight is 201 g/mol. The lowest BCUT2D eigenvalue weighted by atomic mass is 10.1. The van der Waals surface area contributed by atoms with Crippen molar-refractivity contribution in [2.75, 3.05) is 6.54 Å². The molecule has 1 amide bonds. The minimum absolute atomic E-state index is 0.0753. The normalized spacial score (nSPS) is 23.2. The third-order valence-electron chi connectivity index (χ3n) is 2.87. The Balaban J connectivity index is 1.82. The molecule has 0 heterocycles. The van der Waals surface area contributed by atoms with Gasteiger partial charge in [-0.05, 0) is 29.9 Å². The quantitative estimate of drug-likeness (QED) is 0.742. The van der Waals surface area contributed by atoms with Crippen LogP contribution in [0.4, 0.5) is 0 Å². The smallest absolute Gasteiger partial charge is 0.243 e. The molecule has 0 aromatic heterocycles. The van der Waals surface area contributed by atoms with Crippen LogP contribution < -0.4 is 5.32 Å². The Morgan fingerprint density at radius 3 is 2.87 bits per heavy atom.